The zero-order valence-corrected chi connectivity index (χ0v) is 20.1. The van der Waals surface area contributed by atoms with E-state index in [0.717, 1.165) is 27.6 Å². The number of hydrazone groups is 1. The first-order chi connectivity index (χ1) is 17.0. The van der Waals surface area contributed by atoms with Gasteiger partial charge in [-0.1, -0.05) is 77.8 Å². The molecule has 0 bridgehead atoms. The minimum absolute atomic E-state index is 0.124. The summed E-state index contributed by atoms with van der Waals surface area (Å²) >= 11 is 12.2. The standard InChI is InChI=1S/C26H22Cl2N4O3/c27-22-11-10-19(12-23(22)28)15-32-16-20(21-8-4-5-9-24(21)32)13-30-31-25(33)14-29-26(34)35-17-18-6-2-1-3-7-18/h1-13,16H,14-15,17H2,(H,29,34)(H,31,33)/b30-13-. The predicted octanol–water partition coefficient (Wildman–Crippen LogP) is 5.37. The van der Waals surface area contributed by atoms with Crippen molar-refractivity contribution in [3.05, 3.63) is 106 Å². The first-order valence-electron chi connectivity index (χ1n) is 10.8. The zero-order chi connectivity index (χ0) is 24.6. The Morgan fingerprint density at radius 3 is 2.51 bits per heavy atom. The van der Waals surface area contributed by atoms with Gasteiger partial charge in [0.15, 0.2) is 0 Å². The van der Waals surface area contributed by atoms with Crippen LogP contribution in [0.3, 0.4) is 0 Å². The van der Waals surface area contributed by atoms with Gasteiger partial charge in [-0.15, -0.1) is 0 Å². The molecule has 3 aromatic carbocycles. The van der Waals surface area contributed by atoms with E-state index >= 15 is 0 Å². The van der Waals surface area contributed by atoms with Crippen molar-refractivity contribution in [1.29, 1.82) is 0 Å². The number of hydrogen-bond donors (Lipinski definition) is 2. The molecule has 0 saturated carbocycles. The van der Waals surface area contributed by atoms with E-state index in [0.29, 0.717) is 16.6 Å². The maximum absolute atomic E-state index is 12.1. The molecule has 0 aliphatic rings. The average Bonchev–Trinajstić information content (AvgIpc) is 3.21. The monoisotopic (exact) mass is 508 g/mol. The number of carbonyl (C=O) groups excluding carboxylic acids is 2. The van der Waals surface area contributed by atoms with Crippen molar-refractivity contribution < 1.29 is 14.3 Å². The lowest BCUT2D eigenvalue weighted by Gasteiger charge is -2.06. The van der Waals surface area contributed by atoms with Gasteiger partial charge in [0.25, 0.3) is 5.91 Å². The number of aromatic nitrogens is 1. The number of ether oxygens (including phenoxy) is 1. The van der Waals surface area contributed by atoms with Crippen LogP contribution >= 0.6 is 23.2 Å². The summed E-state index contributed by atoms with van der Waals surface area (Å²) in [4.78, 5) is 23.8. The Balaban J connectivity index is 1.33. The van der Waals surface area contributed by atoms with Crippen molar-refractivity contribution >= 4 is 52.3 Å². The molecule has 2 amide bonds. The largest absolute Gasteiger partial charge is 0.445 e. The summed E-state index contributed by atoms with van der Waals surface area (Å²) in [6.45, 7) is 0.454. The second-order valence-electron chi connectivity index (χ2n) is 7.69. The number of nitrogens with zero attached hydrogens (tertiary/aromatic N) is 2. The van der Waals surface area contributed by atoms with E-state index in [1.165, 1.54) is 0 Å². The summed E-state index contributed by atoms with van der Waals surface area (Å²) in [6, 6.07) is 22.7. The first-order valence-corrected chi connectivity index (χ1v) is 11.5. The molecule has 0 aliphatic carbocycles. The highest BCUT2D eigenvalue weighted by atomic mass is 35.5. The highest BCUT2D eigenvalue weighted by molar-refractivity contribution is 6.42. The number of halogens is 2. The highest BCUT2D eigenvalue weighted by Crippen LogP contribution is 2.25. The smallest absolute Gasteiger partial charge is 0.407 e. The summed E-state index contributed by atoms with van der Waals surface area (Å²) in [5.41, 5.74) is 6.11. The number of nitrogens with one attached hydrogen (secondary N) is 2. The van der Waals surface area contributed by atoms with Gasteiger partial charge in [-0.25, -0.2) is 10.2 Å². The van der Waals surface area contributed by atoms with Crippen LogP contribution in [0.1, 0.15) is 16.7 Å². The fourth-order valence-electron chi connectivity index (χ4n) is 3.48. The molecule has 1 aromatic heterocycles. The molecule has 0 atom stereocenters. The fraction of sp³-hybridized carbons (Fsp3) is 0.115. The number of carbonyl (C=O) groups is 2. The molecular weight excluding hydrogens is 487 g/mol. The molecule has 9 heteroatoms. The summed E-state index contributed by atoms with van der Waals surface area (Å²) < 4.78 is 7.15. The van der Waals surface area contributed by atoms with E-state index in [9.17, 15) is 9.59 Å². The molecule has 0 spiro atoms. The van der Waals surface area contributed by atoms with E-state index < -0.39 is 12.0 Å². The molecule has 4 rings (SSSR count). The van der Waals surface area contributed by atoms with Gasteiger partial charge in [0.05, 0.1) is 16.3 Å². The number of rotatable bonds is 8. The average molecular weight is 509 g/mol. The lowest BCUT2D eigenvalue weighted by Crippen LogP contribution is -2.35. The van der Waals surface area contributed by atoms with Crippen LogP contribution in [0.4, 0.5) is 4.79 Å². The molecule has 0 aliphatic heterocycles. The van der Waals surface area contributed by atoms with Gasteiger partial charge < -0.3 is 14.6 Å². The van der Waals surface area contributed by atoms with E-state index in [-0.39, 0.29) is 13.2 Å². The minimum Gasteiger partial charge on any atom is -0.445 e. The van der Waals surface area contributed by atoms with Gasteiger partial charge in [-0.2, -0.15) is 5.10 Å². The van der Waals surface area contributed by atoms with E-state index in [1.54, 1.807) is 12.3 Å². The number of para-hydroxylation sites is 1. The molecule has 35 heavy (non-hydrogen) atoms. The normalized spacial score (nSPS) is 11.0. The molecule has 0 saturated heterocycles. The van der Waals surface area contributed by atoms with Crippen LogP contribution in [0, 0.1) is 0 Å². The number of hydrogen-bond acceptors (Lipinski definition) is 4. The van der Waals surface area contributed by atoms with Crippen LogP contribution in [0.25, 0.3) is 10.9 Å². The molecule has 2 N–H and O–H groups in total. The fourth-order valence-corrected chi connectivity index (χ4v) is 3.80. The van der Waals surface area contributed by atoms with Crippen molar-refractivity contribution in [2.75, 3.05) is 6.54 Å². The number of fused-ring (bicyclic) bond motifs is 1. The number of amides is 2. The first kappa shape index (κ1) is 24.3. The second kappa shape index (κ2) is 11.6. The SMILES string of the molecule is O=C(CNC(=O)OCc1ccccc1)N/N=C\c1cn(Cc2ccc(Cl)c(Cl)c2)c2ccccc12. The van der Waals surface area contributed by atoms with E-state index in [2.05, 4.69) is 20.4 Å². The summed E-state index contributed by atoms with van der Waals surface area (Å²) in [5.74, 6) is -0.475. The third kappa shape index (κ3) is 6.62. The summed E-state index contributed by atoms with van der Waals surface area (Å²) in [7, 11) is 0. The topological polar surface area (TPSA) is 84.7 Å². The zero-order valence-electron chi connectivity index (χ0n) is 18.6. The molecule has 1 heterocycles. The second-order valence-corrected chi connectivity index (χ2v) is 8.50. The van der Waals surface area contributed by atoms with Gasteiger partial charge in [0, 0.05) is 29.2 Å². The van der Waals surface area contributed by atoms with Crippen LogP contribution in [-0.2, 0) is 22.7 Å². The van der Waals surface area contributed by atoms with Gasteiger partial charge in [0.2, 0.25) is 0 Å². The molecule has 0 radical (unpaired) electrons. The molecule has 7 nitrogen and oxygen atoms in total. The maximum atomic E-state index is 12.1. The third-order valence-corrected chi connectivity index (χ3v) is 5.89. The molecule has 4 aromatic rings. The predicted molar refractivity (Wildman–Crippen MR) is 138 cm³/mol. The Morgan fingerprint density at radius 1 is 0.943 bits per heavy atom. The minimum atomic E-state index is -0.682. The maximum Gasteiger partial charge on any atom is 0.407 e. The van der Waals surface area contributed by atoms with Crippen LogP contribution < -0.4 is 10.7 Å². The molecular formula is C26H22Cl2N4O3. The van der Waals surface area contributed by atoms with Gasteiger partial charge in [-0.3, -0.25) is 4.79 Å². The van der Waals surface area contributed by atoms with Crippen molar-refractivity contribution in [2.45, 2.75) is 13.2 Å². The van der Waals surface area contributed by atoms with Crippen LogP contribution in [-0.4, -0.2) is 29.3 Å². The van der Waals surface area contributed by atoms with Crippen molar-refractivity contribution in [2.24, 2.45) is 5.10 Å². The Hall–Kier alpha value is -3.81. The summed E-state index contributed by atoms with van der Waals surface area (Å²) in [6.07, 6.45) is 2.83. The van der Waals surface area contributed by atoms with Gasteiger partial charge in [0.1, 0.15) is 13.2 Å². The lowest BCUT2D eigenvalue weighted by molar-refractivity contribution is -0.120. The van der Waals surface area contributed by atoms with Gasteiger partial charge >= 0.3 is 6.09 Å². The van der Waals surface area contributed by atoms with Crippen LogP contribution in [0.5, 0.6) is 0 Å². The third-order valence-electron chi connectivity index (χ3n) is 5.16. The van der Waals surface area contributed by atoms with Crippen LogP contribution in [0.2, 0.25) is 10.0 Å². The quantitative estimate of drug-likeness (QED) is 0.247. The Kier molecular flexibility index (Phi) is 8.03. The Bertz CT molecular complexity index is 1370. The highest BCUT2D eigenvalue weighted by Gasteiger charge is 2.09. The molecule has 0 unspecified atom stereocenters. The van der Waals surface area contributed by atoms with E-state index in [4.69, 9.17) is 27.9 Å². The molecule has 178 valence electrons. The van der Waals surface area contributed by atoms with Crippen molar-refractivity contribution in [1.82, 2.24) is 15.3 Å². The van der Waals surface area contributed by atoms with Crippen LogP contribution in [0.15, 0.2) is 84.1 Å². The lowest BCUT2D eigenvalue weighted by atomic mass is 10.2. The molecule has 0 fully saturated rings. The van der Waals surface area contributed by atoms with Gasteiger partial charge in [-0.05, 0) is 29.3 Å². The Labute approximate surface area is 212 Å². The van der Waals surface area contributed by atoms with Crippen molar-refractivity contribution in [3.8, 4) is 0 Å². The van der Waals surface area contributed by atoms with Crippen molar-refractivity contribution in [3.63, 3.8) is 0 Å². The summed E-state index contributed by atoms with van der Waals surface area (Å²) in [5, 5.41) is 8.43. The number of alkyl carbamates (subject to hydrolysis) is 1. The number of benzene rings is 3. The van der Waals surface area contributed by atoms with E-state index in [1.807, 2.05) is 72.9 Å². The Morgan fingerprint density at radius 2 is 1.71 bits per heavy atom.